The number of anilines is 2. The minimum absolute atomic E-state index is 0.141. The van der Waals surface area contributed by atoms with E-state index in [1.807, 2.05) is 6.92 Å². The van der Waals surface area contributed by atoms with Crippen molar-refractivity contribution in [2.75, 3.05) is 5.32 Å². The highest BCUT2D eigenvalue weighted by atomic mass is 35.5. The van der Waals surface area contributed by atoms with Gasteiger partial charge in [0.15, 0.2) is 5.78 Å². The number of aromatic nitrogens is 2. The Bertz CT molecular complexity index is 1080. The van der Waals surface area contributed by atoms with Crippen LogP contribution in [0.4, 0.5) is 11.4 Å². The first kappa shape index (κ1) is 19.1. The number of aryl methyl sites for hydroxylation is 1. The molecule has 2 aromatic carbocycles. The van der Waals surface area contributed by atoms with Gasteiger partial charge in [-0.05, 0) is 38.1 Å². The van der Waals surface area contributed by atoms with Crippen LogP contribution in [0, 0.1) is 0 Å². The van der Waals surface area contributed by atoms with E-state index in [4.69, 9.17) is 23.2 Å². The van der Waals surface area contributed by atoms with Gasteiger partial charge in [-0.3, -0.25) is 9.59 Å². The standard InChI is InChI=1S/C20H17Cl2N3O2/c1-3-25-20(27)19(23-16-10-5-4-9-15(16)22)17(12(2)26)18(24-25)13-7-6-8-14(21)11-13/h4-11,23H,3H2,1-2H3. The lowest BCUT2D eigenvalue weighted by Gasteiger charge is -2.16. The zero-order valence-electron chi connectivity index (χ0n) is 14.8. The molecule has 138 valence electrons. The van der Waals surface area contributed by atoms with Crippen LogP contribution in [-0.2, 0) is 6.54 Å². The molecule has 0 saturated heterocycles. The molecule has 1 N–H and O–H groups in total. The number of rotatable bonds is 5. The Labute approximate surface area is 166 Å². The van der Waals surface area contributed by atoms with Crippen LogP contribution in [0.3, 0.4) is 0 Å². The fraction of sp³-hybridized carbons (Fsp3) is 0.150. The summed E-state index contributed by atoms with van der Waals surface area (Å²) in [5.41, 5.74) is 1.52. The van der Waals surface area contributed by atoms with Crippen LogP contribution < -0.4 is 10.9 Å². The van der Waals surface area contributed by atoms with Gasteiger partial charge in [0.25, 0.3) is 5.56 Å². The van der Waals surface area contributed by atoms with Gasteiger partial charge in [0.2, 0.25) is 0 Å². The number of ketones is 1. The summed E-state index contributed by atoms with van der Waals surface area (Å²) in [4.78, 5) is 25.4. The molecule has 0 bridgehead atoms. The van der Waals surface area contributed by atoms with Crippen LogP contribution in [0.2, 0.25) is 10.0 Å². The Hall–Kier alpha value is -2.63. The Kier molecular flexibility index (Phi) is 5.63. The summed E-state index contributed by atoms with van der Waals surface area (Å²) in [5, 5.41) is 8.38. The Morgan fingerprint density at radius 3 is 2.52 bits per heavy atom. The molecule has 5 nitrogen and oxygen atoms in total. The maximum atomic E-state index is 12.9. The van der Waals surface area contributed by atoms with E-state index in [0.717, 1.165) is 0 Å². The number of para-hydroxylation sites is 1. The molecule has 0 saturated carbocycles. The molecule has 27 heavy (non-hydrogen) atoms. The van der Waals surface area contributed by atoms with E-state index in [-0.39, 0.29) is 17.0 Å². The number of hydrogen-bond donors (Lipinski definition) is 1. The number of halogens is 2. The van der Waals surface area contributed by atoms with E-state index >= 15 is 0 Å². The molecule has 3 aromatic rings. The average molecular weight is 402 g/mol. The quantitative estimate of drug-likeness (QED) is 0.597. The molecule has 0 unspecified atom stereocenters. The fourth-order valence-corrected chi connectivity index (χ4v) is 3.15. The molecule has 3 rings (SSSR count). The van der Waals surface area contributed by atoms with Crippen molar-refractivity contribution in [2.45, 2.75) is 20.4 Å². The van der Waals surface area contributed by atoms with Gasteiger partial charge in [-0.2, -0.15) is 5.10 Å². The maximum absolute atomic E-state index is 12.9. The second-order valence-corrected chi connectivity index (χ2v) is 6.73. The summed E-state index contributed by atoms with van der Waals surface area (Å²) in [6.45, 7) is 3.56. The molecule has 1 heterocycles. The number of carbonyl (C=O) groups excluding carboxylic acids is 1. The predicted molar refractivity (Wildman–Crippen MR) is 109 cm³/mol. The molecule has 0 amide bonds. The molecule has 0 aliphatic heterocycles. The first-order valence-electron chi connectivity index (χ1n) is 8.36. The topological polar surface area (TPSA) is 64.0 Å². The van der Waals surface area contributed by atoms with Crippen molar-refractivity contribution >= 4 is 40.4 Å². The molecule has 0 atom stereocenters. The van der Waals surface area contributed by atoms with Gasteiger partial charge in [-0.15, -0.1) is 0 Å². The SMILES string of the molecule is CCn1nc(-c2cccc(Cl)c2)c(C(C)=O)c(Nc2ccccc2Cl)c1=O. The van der Waals surface area contributed by atoms with Gasteiger partial charge in [0.1, 0.15) is 11.4 Å². The Morgan fingerprint density at radius 2 is 1.89 bits per heavy atom. The average Bonchev–Trinajstić information content (AvgIpc) is 2.64. The maximum Gasteiger partial charge on any atom is 0.291 e. The van der Waals surface area contributed by atoms with Crippen molar-refractivity contribution in [2.24, 2.45) is 0 Å². The monoisotopic (exact) mass is 401 g/mol. The molecular weight excluding hydrogens is 385 g/mol. The third-order valence-electron chi connectivity index (χ3n) is 4.04. The lowest BCUT2D eigenvalue weighted by Crippen LogP contribution is -2.28. The summed E-state index contributed by atoms with van der Waals surface area (Å²) in [6, 6.07) is 14.0. The Morgan fingerprint density at radius 1 is 1.15 bits per heavy atom. The fourth-order valence-electron chi connectivity index (χ4n) is 2.78. The van der Waals surface area contributed by atoms with Gasteiger partial charge in [0, 0.05) is 17.1 Å². The molecule has 0 aliphatic rings. The number of nitrogens with one attached hydrogen (secondary N) is 1. The number of Topliss-reactive ketones (excluding diaryl/α,β-unsaturated/α-hetero) is 1. The van der Waals surface area contributed by atoms with Crippen LogP contribution in [0.25, 0.3) is 11.3 Å². The molecule has 7 heteroatoms. The van der Waals surface area contributed by atoms with Crippen molar-refractivity contribution < 1.29 is 4.79 Å². The number of benzene rings is 2. The predicted octanol–water partition coefficient (Wildman–Crippen LogP) is 5.18. The zero-order chi connectivity index (χ0) is 19.6. The molecule has 0 spiro atoms. The smallest absolute Gasteiger partial charge is 0.291 e. The first-order chi connectivity index (χ1) is 12.9. The van der Waals surface area contributed by atoms with Gasteiger partial charge in [-0.1, -0.05) is 47.5 Å². The van der Waals surface area contributed by atoms with Gasteiger partial charge in [0.05, 0.1) is 16.3 Å². The van der Waals surface area contributed by atoms with Gasteiger partial charge in [-0.25, -0.2) is 4.68 Å². The van der Waals surface area contributed by atoms with Crippen molar-refractivity contribution in [1.82, 2.24) is 9.78 Å². The van der Waals surface area contributed by atoms with Crippen molar-refractivity contribution in [1.29, 1.82) is 0 Å². The largest absolute Gasteiger partial charge is 0.349 e. The third kappa shape index (κ3) is 3.89. The van der Waals surface area contributed by atoms with Gasteiger partial charge >= 0.3 is 0 Å². The number of hydrogen-bond acceptors (Lipinski definition) is 4. The normalized spacial score (nSPS) is 10.7. The van der Waals surface area contributed by atoms with Crippen molar-refractivity contribution in [3.63, 3.8) is 0 Å². The summed E-state index contributed by atoms with van der Waals surface area (Å²) in [6.07, 6.45) is 0. The number of carbonyl (C=O) groups is 1. The second kappa shape index (κ2) is 7.94. The zero-order valence-corrected chi connectivity index (χ0v) is 16.3. The van der Waals surface area contributed by atoms with Crippen molar-refractivity contribution in [3.05, 3.63) is 74.5 Å². The molecule has 1 aromatic heterocycles. The highest BCUT2D eigenvalue weighted by Gasteiger charge is 2.22. The van der Waals surface area contributed by atoms with E-state index in [9.17, 15) is 9.59 Å². The third-order valence-corrected chi connectivity index (χ3v) is 4.60. The van der Waals surface area contributed by atoms with E-state index in [0.29, 0.717) is 33.5 Å². The molecule has 0 fully saturated rings. The summed E-state index contributed by atoms with van der Waals surface area (Å²) >= 11 is 12.3. The molecule has 0 radical (unpaired) electrons. The highest BCUT2D eigenvalue weighted by Crippen LogP contribution is 2.31. The van der Waals surface area contributed by atoms with E-state index in [1.54, 1.807) is 48.5 Å². The first-order valence-corrected chi connectivity index (χ1v) is 9.11. The summed E-state index contributed by atoms with van der Waals surface area (Å²) in [5.74, 6) is -0.285. The molecule has 0 aliphatic carbocycles. The van der Waals surface area contributed by atoms with Gasteiger partial charge < -0.3 is 5.32 Å². The summed E-state index contributed by atoms with van der Waals surface area (Å²) in [7, 11) is 0. The summed E-state index contributed by atoms with van der Waals surface area (Å²) < 4.78 is 1.31. The second-order valence-electron chi connectivity index (χ2n) is 5.89. The minimum Gasteiger partial charge on any atom is -0.349 e. The van der Waals surface area contributed by atoms with E-state index in [2.05, 4.69) is 10.4 Å². The van der Waals surface area contributed by atoms with Crippen LogP contribution in [0.1, 0.15) is 24.2 Å². The van der Waals surface area contributed by atoms with E-state index in [1.165, 1.54) is 11.6 Å². The van der Waals surface area contributed by atoms with Crippen molar-refractivity contribution in [3.8, 4) is 11.3 Å². The highest BCUT2D eigenvalue weighted by molar-refractivity contribution is 6.33. The van der Waals surface area contributed by atoms with E-state index < -0.39 is 5.56 Å². The molecular formula is C20H17Cl2N3O2. The number of nitrogens with zero attached hydrogens (tertiary/aromatic N) is 2. The van der Waals surface area contributed by atoms with Crippen LogP contribution >= 0.6 is 23.2 Å². The van der Waals surface area contributed by atoms with Crippen LogP contribution in [0.5, 0.6) is 0 Å². The lowest BCUT2D eigenvalue weighted by molar-refractivity contribution is 0.101. The Balaban J connectivity index is 2.31. The van der Waals surface area contributed by atoms with Crippen LogP contribution in [0.15, 0.2) is 53.3 Å². The minimum atomic E-state index is -0.395. The van der Waals surface area contributed by atoms with Crippen LogP contribution in [-0.4, -0.2) is 15.6 Å². The lowest BCUT2D eigenvalue weighted by atomic mass is 10.0.